The van der Waals surface area contributed by atoms with Gasteiger partial charge in [-0.05, 0) is 79.0 Å². The van der Waals surface area contributed by atoms with Crippen molar-refractivity contribution in [3.05, 3.63) is 65.7 Å². The number of benzene rings is 1. The summed E-state index contributed by atoms with van der Waals surface area (Å²) in [6.07, 6.45) is 13.8. The number of nitrogens with one attached hydrogen (secondary N) is 3. The van der Waals surface area contributed by atoms with Crippen molar-refractivity contribution in [2.75, 3.05) is 25.5 Å². The van der Waals surface area contributed by atoms with Gasteiger partial charge in [-0.3, -0.25) is 23.7 Å². The number of rotatable bonds is 12. The molecule has 1 aliphatic heterocycles. The van der Waals surface area contributed by atoms with E-state index in [4.69, 9.17) is 4.74 Å². The van der Waals surface area contributed by atoms with Gasteiger partial charge in [-0.25, -0.2) is 4.79 Å². The highest BCUT2D eigenvalue weighted by Gasteiger charge is 2.54. The summed E-state index contributed by atoms with van der Waals surface area (Å²) >= 11 is 0. The molecule has 4 amide bonds. The first kappa shape index (κ1) is 34.8. The van der Waals surface area contributed by atoms with Gasteiger partial charge in [0.1, 0.15) is 11.7 Å². The topological polar surface area (TPSA) is 152 Å². The van der Waals surface area contributed by atoms with Crippen LogP contribution >= 0.6 is 0 Å². The number of amides is 4. The Kier molecular flexibility index (Phi) is 9.40. The Balaban J connectivity index is 1.14. The molecule has 272 valence electrons. The second-order valence-electron chi connectivity index (χ2n) is 15.5. The highest BCUT2D eigenvalue weighted by atomic mass is 16.5. The van der Waals surface area contributed by atoms with E-state index in [0.29, 0.717) is 36.2 Å². The van der Waals surface area contributed by atoms with E-state index in [-0.39, 0.29) is 41.6 Å². The van der Waals surface area contributed by atoms with Crippen molar-refractivity contribution in [3.8, 4) is 0 Å². The molecule has 0 bridgehead atoms. The van der Waals surface area contributed by atoms with Crippen LogP contribution in [0.15, 0.2) is 48.9 Å². The van der Waals surface area contributed by atoms with Gasteiger partial charge in [-0.15, -0.1) is 0 Å². The summed E-state index contributed by atoms with van der Waals surface area (Å²) in [5, 5.41) is 18.1. The van der Waals surface area contributed by atoms with Crippen LogP contribution in [0.5, 0.6) is 0 Å². The van der Waals surface area contributed by atoms with Crippen LogP contribution in [0.2, 0.25) is 0 Å². The number of ether oxygens (including phenoxy) is 1. The molecule has 51 heavy (non-hydrogen) atoms. The summed E-state index contributed by atoms with van der Waals surface area (Å²) in [5.74, 6) is -0.0234. The quantitative estimate of drug-likeness (QED) is 0.252. The van der Waals surface area contributed by atoms with Gasteiger partial charge in [0.2, 0.25) is 11.8 Å². The van der Waals surface area contributed by atoms with Crippen molar-refractivity contribution in [2.45, 2.75) is 82.2 Å². The van der Waals surface area contributed by atoms with Crippen LogP contribution in [-0.2, 0) is 33.8 Å². The van der Waals surface area contributed by atoms with E-state index >= 15 is 0 Å². The van der Waals surface area contributed by atoms with Crippen LogP contribution in [0.1, 0.15) is 92.4 Å². The summed E-state index contributed by atoms with van der Waals surface area (Å²) in [6.45, 7) is 2.78. The molecule has 3 aromatic rings. The van der Waals surface area contributed by atoms with Crippen LogP contribution in [0.4, 0.5) is 10.5 Å². The van der Waals surface area contributed by atoms with Gasteiger partial charge in [-0.2, -0.15) is 10.2 Å². The number of nitrogens with zero attached hydrogens (tertiary/aromatic N) is 5. The average Bonchev–Trinajstić information content (AvgIpc) is 3.42. The molecule has 3 saturated carbocycles. The standard InChI is InChI=1S/C38H50N8O5/c1-37(16-17-37)30(24-7-5-8-24)32(42-33(47)29-15-19-39-45(29)3)34(48)41-28-13-11-27(12-14-28)38(18-20-46(23-38)36(50)51-4)35(49)43-31(25-9-6-10-25)26-21-40-44(2)22-26/h11-15,19,21-22,24-25,30-32H,5-10,16-18,20,23H2,1-4H3,(H,41,48)(H,42,47)(H,43,49)/t30?,31?,32-,38?/m0/s1. The fourth-order valence-corrected chi connectivity index (χ4v) is 8.57. The van der Waals surface area contributed by atoms with Gasteiger partial charge in [0.05, 0.1) is 24.8 Å². The van der Waals surface area contributed by atoms with Crippen LogP contribution in [0, 0.1) is 23.2 Å². The zero-order chi connectivity index (χ0) is 35.9. The first-order valence-electron chi connectivity index (χ1n) is 18.3. The monoisotopic (exact) mass is 698 g/mol. The number of anilines is 1. The first-order valence-corrected chi connectivity index (χ1v) is 18.3. The fraction of sp³-hybridized carbons (Fsp3) is 0.579. The third kappa shape index (κ3) is 6.74. The van der Waals surface area contributed by atoms with Crippen LogP contribution in [0.25, 0.3) is 0 Å². The van der Waals surface area contributed by atoms with Crippen molar-refractivity contribution < 1.29 is 23.9 Å². The number of aryl methyl sites for hydroxylation is 2. The molecule has 1 aromatic carbocycles. The number of methoxy groups -OCH3 is 1. The van der Waals surface area contributed by atoms with E-state index in [0.717, 1.165) is 62.5 Å². The summed E-state index contributed by atoms with van der Waals surface area (Å²) in [5.41, 5.74) is 1.67. The molecule has 3 heterocycles. The van der Waals surface area contributed by atoms with Crippen molar-refractivity contribution in [1.82, 2.24) is 35.1 Å². The zero-order valence-corrected chi connectivity index (χ0v) is 30.1. The van der Waals surface area contributed by atoms with Crippen molar-refractivity contribution in [2.24, 2.45) is 37.3 Å². The Morgan fingerprint density at radius 2 is 1.63 bits per heavy atom. The average molecular weight is 699 g/mol. The Morgan fingerprint density at radius 3 is 2.18 bits per heavy atom. The van der Waals surface area contributed by atoms with E-state index < -0.39 is 17.6 Å². The fourth-order valence-electron chi connectivity index (χ4n) is 8.57. The van der Waals surface area contributed by atoms with Gasteiger partial charge < -0.3 is 25.6 Å². The normalized spacial score (nSPS) is 22.9. The molecule has 13 nitrogen and oxygen atoms in total. The molecule has 1 saturated heterocycles. The summed E-state index contributed by atoms with van der Waals surface area (Å²) < 4.78 is 8.31. The Bertz CT molecular complexity index is 1770. The second kappa shape index (κ2) is 13.8. The number of hydrogen-bond acceptors (Lipinski definition) is 7. The van der Waals surface area contributed by atoms with Gasteiger partial charge in [0.25, 0.3) is 5.91 Å². The van der Waals surface area contributed by atoms with Crippen LogP contribution < -0.4 is 16.0 Å². The van der Waals surface area contributed by atoms with E-state index in [2.05, 4.69) is 33.1 Å². The molecule has 4 aliphatic rings. The van der Waals surface area contributed by atoms with E-state index in [1.54, 1.807) is 28.9 Å². The molecule has 3 aliphatic carbocycles. The minimum Gasteiger partial charge on any atom is -0.453 e. The predicted octanol–water partition coefficient (Wildman–Crippen LogP) is 4.47. The predicted molar refractivity (Wildman–Crippen MR) is 189 cm³/mol. The lowest BCUT2D eigenvalue weighted by atomic mass is 9.66. The van der Waals surface area contributed by atoms with Crippen LogP contribution in [0.3, 0.4) is 0 Å². The molecular formula is C38H50N8O5. The van der Waals surface area contributed by atoms with E-state index in [1.807, 2.05) is 43.7 Å². The van der Waals surface area contributed by atoms with E-state index in [9.17, 15) is 19.2 Å². The lowest BCUT2D eigenvalue weighted by Crippen LogP contribution is -2.54. The Hall–Kier alpha value is -4.68. The van der Waals surface area contributed by atoms with Crippen LogP contribution in [-0.4, -0.2) is 74.5 Å². The van der Waals surface area contributed by atoms with Gasteiger partial charge in [0.15, 0.2) is 0 Å². The van der Waals surface area contributed by atoms with Gasteiger partial charge >= 0.3 is 6.09 Å². The Morgan fingerprint density at radius 1 is 0.922 bits per heavy atom. The number of likely N-dealkylation sites (tertiary alicyclic amines) is 1. The maximum atomic E-state index is 14.5. The highest BCUT2D eigenvalue weighted by molar-refractivity contribution is 6.01. The smallest absolute Gasteiger partial charge is 0.409 e. The van der Waals surface area contributed by atoms with Crippen molar-refractivity contribution in [3.63, 3.8) is 0 Å². The van der Waals surface area contributed by atoms with Crippen molar-refractivity contribution in [1.29, 1.82) is 0 Å². The molecule has 0 radical (unpaired) electrons. The number of aromatic nitrogens is 4. The lowest BCUT2D eigenvalue weighted by molar-refractivity contribution is -0.128. The minimum absolute atomic E-state index is 0.00241. The maximum Gasteiger partial charge on any atom is 0.409 e. The molecule has 4 atom stereocenters. The lowest BCUT2D eigenvalue weighted by Gasteiger charge is -2.42. The molecule has 7 rings (SSSR count). The summed E-state index contributed by atoms with van der Waals surface area (Å²) in [4.78, 5) is 56.4. The van der Waals surface area contributed by atoms with Crippen molar-refractivity contribution >= 4 is 29.5 Å². The minimum atomic E-state index is -1.02. The van der Waals surface area contributed by atoms with Gasteiger partial charge in [0, 0.05) is 50.8 Å². The molecule has 3 unspecified atom stereocenters. The molecule has 0 spiro atoms. The zero-order valence-electron chi connectivity index (χ0n) is 30.1. The third-order valence-corrected chi connectivity index (χ3v) is 12.3. The number of carbonyl (C=O) groups is 4. The summed E-state index contributed by atoms with van der Waals surface area (Å²) in [7, 11) is 4.93. The largest absolute Gasteiger partial charge is 0.453 e. The molecule has 13 heteroatoms. The number of hydrogen-bond donors (Lipinski definition) is 3. The van der Waals surface area contributed by atoms with E-state index in [1.165, 1.54) is 11.8 Å². The Labute approximate surface area is 298 Å². The highest BCUT2D eigenvalue weighted by Crippen LogP contribution is 2.58. The molecule has 3 N–H and O–H groups in total. The third-order valence-electron chi connectivity index (χ3n) is 12.3. The first-order chi connectivity index (χ1) is 24.5. The second-order valence-corrected chi connectivity index (χ2v) is 15.5. The molecular weight excluding hydrogens is 648 g/mol. The SMILES string of the molecule is COC(=O)N1CCC(C(=O)NC(c2cnn(C)c2)C2CCC2)(c2ccc(NC(=O)[C@@H](NC(=O)c3ccnn3C)C(C3CCC3)C3(C)CC3)cc2)C1. The molecule has 4 fully saturated rings. The number of carbonyl (C=O) groups excluding carboxylic acids is 4. The van der Waals surface area contributed by atoms with Gasteiger partial charge in [-0.1, -0.05) is 44.7 Å². The molecule has 2 aromatic heterocycles. The maximum absolute atomic E-state index is 14.5. The summed E-state index contributed by atoms with van der Waals surface area (Å²) in [6, 6.07) is 8.11.